The van der Waals surface area contributed by atoms with E-state index in [0.29, 0.717) is 29.6 Å². The molecule has 2 N–H and O–H groups in total. The van der Waals surface area contributed by atoms with Gasteiger partial charge in [0.2, 0.25) is 0 Å². The molecule has 6 heteroatoms. The largest absolute Gasteiger partial charge is 0.348 e. The van der Waals surface area contributed by atoms with E-state index in [1.54, 1.807) is 18.2 Å². The van der Waals surface area contributed by atoms with Gasteiger partial charge < -0.3 is 10.6 Å². The van der Waals surface area contributed by atoms with Crippen LogP contribution in [0.5, 0.6) is 0 Å². The number of nitrogens with one attached hydrogen (secondary N) is 2. The smallest absolute Gasteiger partial charge is 0.313 e. The van der Waals surface area contributed by atoms with Gasteiger partial charge in [0.05, 0.1) is 0 Å². The highest BCUT2D eigenvalue weighted by Crippen LogP contribution is 2.19. The molecule has 1 rings (SSSR count). The molecule has 18 heavy (non-hydrogen) atoms. The van der Waals surface area contributed by atoms with Gasteiger partial charge in [-0.25, -0.2) is 0 Å². The van der Waals surface area contributed by atoms with E-state index < -0.39 is 11.8 Å². The molecule has 0 heterocycles. The average molecular weight is 289 g/mol. The number of carbonyl (C=O) groups is 2. The van der Waals surface area contributed by atoms with Gasteiger partial charge in [0.15, 0.2) is 0 Å². The molecule has 0 saturated carbocycles. The summed E-state index contributed by atoms with van der Waals surface area (Å²) in [7, 11) is 0. The van der Waals surface area contributed by atoms with Crippen molar-refractivity contribution in [1.29, 1.82) is 0 Å². The number of alkyl halides is 1. The summed E-state index contributed by atoms with van der Waals surface area (Å²) in [6.07, 6.45) is 0.622. The molecule has 0 atom stereocenters. The van der Waals surface area contributed by atoms with Gasteiger partial charge in [0, 0.05) is 23.1 Å². The van der Waals surface area contributed by atoms with Crippen molar-refractivity contribution in [2.75, 3.05) is 17.7 Å². The molecule has 98 valence electrons. The third kappa shape index (κ3) is 4.55. The minimum atomic E-state index is -0.718. The Bertz CT molecular complexity index is 450. The third-order valence-corrected chi connectivity index (χ3v) is 2.91. The van der Waals surface area contributed by atoms with Crippen LogP contribution in [0, 0.1) is 6.92 Å². The molecule has 0 bridgehead atoms. The molecule has 0 fully saturated rings. The second-order valence-corrected chi connectivity index (χ2v) is 4.50. The number of aryl methyl sites for hydroxylation is 1. The molecule has 1 aromatic carbocycles. The maximum atomic E-state index is 11.5. The van der Waals surface area contributed by atoms with Crippen LogP contribution in [-0.2, 0) is 9.59 Å². The number of benzene rings is 1. The first-order valence-corrected chi connectivity index (χ1v) is 6.37. The molecule has 0 aliphatic rings. The van der Waals surface area contributed by atoms with Gasteiger partial charge in [-0.3, -0.25) is 9.59 Å². The second-order valence-electron chi connectivity index (χ2n) is 3.72. The maximum Gasteiger partial charge on any atom is 0.313 e. The van der Waals surface area contributed by atoms with Crippen LogP contribution in [0.4, 0.5) is 5.69 Å². The lowest BCUT2D eigenvalue weighted by molar-refractivity contribution is -0.136. The quantitative estimate of drug-likeness (QED) is 0.508. The van der Waals surface area contributed by atoms with Gasteiger partial charge in [-0.15, -0.1) is 11.6 Å². The molecule has 0 radical (unpaired) electrons. The minimum Gasteiger partial charge on any atom is -0.348 e. The molecule has 0 aliphatic carbocycles. The third-order valence-electron chi connectivity index (χ3n) is 2.23. The molecule has 0 spiro atoms. The van der Waals surface area contributed by atoms with Gasteiger partial charge in [-0.1, -0.05) is 17.7 Å². The predicted octanol–water partition coefficient (Wildman–Crippen LogP) is 2.33. The lowest BCUT2D eigenvalue weighted by atomic mass is 10.2. The van der Waals surface area contributed by atoms with Crippen LogP contribution in [-0.4, -0.2) is 24.2 Å². The Morgan fingerprint density at radius 1 is 1.28 bits per heavy atom. The van der Waals surface area contributed by atoms with E-state index in [9.17, 15) is 9.59 Å². The molecule has 2 amide bonds. The molecular weight excluding hydrogens is 275 g/mol. The van der Waals surface area contributed by atoms with E-state index in [1.165, 1.54) is 0 Å². The molecule has 0 unspecified atom stereocenters. The summed E-state index contributed by atoms with van der Waals surface area (Å²) in [5, 5.41) is 5.47. The number of hydrogen-bond acceptors (Lipinski definition) is 2. The predicted molar refractivity (Wildman–Crippen MR) is 73.2 cm³/mol. The van der Waals surface area contributed by atoms with Gasteiger partial charge in [0.25, 0.3) is 0 Å². The second kappa shape index (κ2) is 7.24. The summed E-state index contributed by atoms with van der Waals surface area (Å²) in [5.41, 5.74) is 1.39. The molecule has 4 nitrogen and oxygen atoms in total. The van der Waals surface area contributed by atoms with Crippen LogP contribution in [0.1, 0.15) is 12.0 Å². The first-order valence-electron chi connectivity index (χ1n) is 5.46. The Kier molecular flexibility index (Phi) is 5.95. The zero-order chi connectivity index (χ0) is 13.5. The Labute approximate surface area is 116 Å². The van der Waals surface area contributed by atoms with Crippen molar-refractivity contribution in [3.63, 3.8) is 0 Å². The molecule has 1 aromatic rings. The number of carbonyl (C=O) groups excluding carboxylic acids is 2. The zero-order valence-electron chi connectivity index (χ0n) is 9.93. The van der Waals surface area contributed by atoms with Gasteiger partial charge in [0.1, 0.15) is 0 Å². The fourth-order valence-corrected chi connectivity index (χ4v) is 1.52. The number of halogens is 2. The average Bonchev–Trinajstić information content (AvgIpc) is 2.34. The van der Waals surface area contributed by atoms with E-state index in [4.69, 9.17) is 23.2 Å². The molecule has 0 aliphatic heterocycles. The van der Waals surface area contributed by atoms with E-state index in [2.05, 4.69) is 10.6 Å². The summed E-state index contributed by atoms with van der Waals surface area (Å²) in [6.45, 7) is 2.23. The number of rotatable bonds is 4. The maximum absolute atomic E-state index is 11.5. The van der Waals surface area contributed by atoms with Crippen molar-refractivity contribution in [3.05, 3.63) is 28.8 Å². The van der Waals surface area contributed by atoms with Crippen molar-refractivity contribution in [2.45, 2.75) is 13.3 Å². The van der Waals surface area contributed by atoms with Crippen LogP contribution in [0.25, 0.3) is 0 Å². The molecule has 0 saturated heterocycles. The lowest BCUT2D eigenvalue weighted by Gasteiger charge is -2.07. The van der Waals surface area contributed by atoms with E-state index in [0.717, 1.165) is 5.56 Å². The normalized spacial score (nSPS) is 9.94. The van der Waals surface area contributed by atoms with Crippen molar-refractivity contribution in [2.24, 2.45) is 0 Å². The monoisotopic (exact) mass is 288 g/mol. The summed E-state index contributed by atoms with van der Waals surface area (Å²) in [6, 6.07) is 5.05. The fraction of sp³-hybridized carbons (Fsp3) is 0.333. The zero-order valence-corrected chi connectivity index (χ0v) is 11.4. The first kappa shape index (κ1) is 14.8. The molecule has 0 aromatic heterocycles. The summed E-state index contributed by atoms with van der Waals surface area (Å²) < 4.78 is 0. The van der Waals surface area contributed by atoms with Gasteiger partial charge in [-0.2, -0.15) is 0 Å². The lowest BCUT2D eigenvalue weighted by Crippen LogP contribution is -2.36. The van der Waals surface area contributed by atoms with Crippen molar-refractivity contribution in [1.82, 2.24) is 5.32 Å². The van der Waals surface area contributed by atoms with E-state index >= 15 is 0 Å². The van der Waals surface area contributed by atoms with Crippen LogP contribution in [0.2, 0.25) is 5.02 Å². The van der Waals surface area contributed by atoms with Gasteiger partial charge >= 0.3 is 11.8 Å². The molecular formula is C12H14Cl2N2O2. The fourth-order valence-electron chi connectivity index (χ4n) is 1.21. The van der Waals surface area contributed by atoms with Crippen molar-refractivity contribution < 1.29 is 9.59 Å². The Morgan fingerprint density at radius 2 is 2.00 bits per heavy atom. The van der Waals surface area contributed by atoms with Crippen LogP contribution in [0.3, 0.4) is 0 Å². The number of hydrogen-bond donors (Lipinski definition) is 2. The Hall–Kier alpha value is -1.26. The summed E-state index contributed by atoms with van der Waals surface area (Å²) >= 11 is 11.4. The number of amides is 2. The highest BCUT2D eigenvalue weighted by Gasteiger charge is 2.13. The van der Waals surface area contributed by atoms with E-state index in [-0.39, 0.29) is 0 Å². The highest BCUT2D eigenvalue weighted by molar-refractivity contribution is 6.39. The van der Waals surface area contributed by atoms with Crippen LogP contribution < -0.4 is 10.6 Å². The Balaban J connectivity index is 2.53. The SMILES string of the molecule is Cc1ccc(NC(=O)C(=O)NCCCCl)cc1Cl. The minimum absolute atomic E-state index is 0.379. The van der Waals surface area contributed by atoms with Crippen LogP contribution >= 0.6 is 23.2 Å². The topological polar surface area (TPSA) is 58.2 Å². The summed E-state index contributed by atoms with van der Waals surface area (Å²) in [4.78, 5) is 22.9. The standard InChI is InChI=1S/C12H14Cl2N2O2/c1-8-3-4-9(7-10(8)14)16-12(18)11(17)15-6-2-5-13/h3-4,7H,2,5-6H2,1H3,(H,15,17)(H,16,18). The Morgan fingerprint density at radius 3 is 2.61 bits per heavy atom. The highest BCUT2D eigenvalue weighted by atomic mass is 35.5. The van der Waals surface area contributed by atoms with Crippen LogP contribution in [0.15, 0.2) is 18.2 Å². The number of anilines is 1. The van der Waals surface area contributed by atoms with Crippen molar-refractivity contribution >= 4 is 40.7 Å². The van der Waals surface area contributed by atoms with Gasteiger partial charge in [-0.05, 0) is 31.0 Å². The van der Waals surface area contributed by atoms with E-state index in [1.807, 2.05) is 6.92 Å². The summed E-state index contributed by atoms with van der Waals surface area (Å²) in [5.74, 6) is -0.962. The van der Waals surface area contributed by atoms with Crippen molar-refractivity contribution in [3.8, 4) is 0 Å². The first-order chi connectivity index (χ1) is 8.54.